The Labute approximate surface area is 201 Å². The van der Waals surface area contributed by atoms with Gasteiger partial charge in [-0.3, -0.25) is 10.1 Å². The molecule has 2 aliphatic rings. The average Bonchev–Trinajstić information content (AvgIpc) is 3.40. The summed E-state index contributed by atoms with van der Waals surface area (Å²) in [4.78, 5) is 13.8. The Balaban J connectivity index is 1.48. The molecule has 0 saturated carbocycles. The fraction of sp³-hybridized carbons (Fsp3) is 0.280. The van der Waals surface area contributed by atoms with Crippen molar-refractivity contribution in [2.45, 2.75) is 12.8 Å². The predicted octanol–water partition coefficient (Wildman–Crippen LogP) is 4.50. The number of para-hydroxylation sites is 1. The third-order valence-electron chi connectivity index (χ3n) is 6.12. The van der Waals surface area contributed by atoms with Crippen LogP contribution in [0.1, 0.15) is 18.4 Å². The van der Waals surface area contributed by atoms with Gasteiger partial charge in [0.1, 0.15) is 0 Å². The van der Waals surface area contributed by atoms with Gasteiger partial charge in [-0.2, -0.15) is 5.10 Å². The summed E-state index contributed by atoms with van der Waals surface area (Å²) in [6, 6.07) is 14.9. The summed E-state index contributed by atoms with van der Waals surface area (Å²) in [6.45, 7) is 3.04. The Kier molecular flexibility index (Phi) is 6.37. The molecule has 1 saturated heterocycles. The Morgan fingerprint density at radius 3 is 2.59 bits per heavy atom. The quantitative estimate of drug-likeness (QED) is 0.309. The lowest BCUT2D eigenvalue weighted by Crippen LogP contribution is -2.36. The van der Waals surface area contributed by atoms with Gasteiger partial charge in [-0.15, -0.1) is 5.10 Å². The minimum atomic E-state index is -0.375. The number of hydrogen-bond donors (Lipinski definition) is 0. The summed E-state index contributed by atoms with van der Waals surface area (Å²) in [5.41, 5.74) is 5.74. The summed E-state index contributed by atoms with van der Waals surface area (Å²) in [6.07, 6.45) is 5.77. The van der Waals surface area contributed by atoms with E-state index in [9.17, 15) is 10.1 Å². The number of ether oxygens (including phenoxy) is 1. The highest BCUT2D eigenvalue weighted by atomic mass is 32.1. The Hall–Kier alpha value is -3.56. The Bertz CT molecular complexity index is 1380. The monoisotopic (exact) mass is 475 g/mol. The second-order valence-electron chi connectivity index (χ2n) is 8.25. The zero-order valence-electron chi connectivity index (χ0n) is 18.9. The molecule has 8 nitrogen and oxygen atoms in total. The van der Waals surface area contributed by atoms with Crippen molar-refractivity contribution in [1.29, 1.82) is 0 Å². The molecule has 1 aromatic heterocycles. The lowest BCUT2D eigenvalue weighted by atomic mass is 10.1. The van der Waals surface area contributed by atoms with Crippen LogP contribution in [0.5, 0.6) is 0 Å². The molecule has 0 N–H and O–H groups in total. The zero-order chi connectivity index (χ0) is 23.5. The van der Waals surface area contributed by atoms with Gasteiger partial charge in [0.15, 0.2) is 0 Å². The fourth-order valence-corrected chi connectivity index (χ4v) is 5.37. The molecule has 174 valence electrons. The molecule has 1 aliphatic carbocycles. The van der Waals surface area contributed by atoms with Crippen molar-refractivity contribution in [2.75, 3.05) is 26.3 Å². The van der Waals surface area contributed by atoms with Crippen LogP contribution >= 0.6 is 11.3 Å². The van der Waals surface area contributed by atoms with E-state index in [2.05, 4.69) is 37.9 Å². The Morgan fingerprint density at radius 1 is 1.09 bits per heavy atom. The molecule has 0 unspecified atom stereocenters. The van der Waals surface area contributed by atoms with Crippen LogP contribution in [0, 0.1) is 10.1 Å². The van der Waals surface area contributed by atoms with Crippen molar-refractivity contribution in [3.05, 3.63) is 85.9 Å². The molecule has 0 bridgehead atoms. The minimum absolute atomic E-state index is 0.0985. The summed E-state index contributed by atoms with van der Waals surface area (Å²) < 4.78 is 8.80. The first-order valence-electron chi connectivity index (χ1n) is 11.2. The van der Waals surface area contributed by atoms with E-state index >= 15 is 0 Å². The number of benzene rings is 2. The van der Waals surface area contributed by atoms with Gasteiger partial charge in [0.25, 0.3) is 5.69 Å². The molecule has 2 heterocycles. The lowest BCUT2D eigenvalue weighted by Gasteiger charge is -2.31. The number of hydrogen-bond acceptors (Lipinski definition) is 7. The normalized spacial score (nSPS) is 18.7. The van der Waals surface area contributed by atoms with Crippen LogP contribution < -0.4 is 4.80 Å². The van der Waals surface area contributed by atoms with Crippen LogP contribution in [-0.2, 0) is 11.8 Å². The van der Waals surface area contributed by atoms with Gasteiger partial charge in [0.2, 0.25) is 4.80 Å². The summed E-state index contributed by atoms with van der Waals surface area (Å²) in [5, 5.41) is 20.0. The molecule has 0 atom stereocenters. The molecule has 3 aromatic rings. The molecule has 2 aromatic carbocycles. The number of non-ortho nitro benzene ring substituents is 1. The average molecular weight is 476 g/mol. The number of thiazole rings is 1. The molecule has 1 fully saturated rings. The summed E-state index contributed by atoms with van der Waals surface area (Å²) in [7, 11) is 2.01. The standard InChI is InChI=1S/C25H25N5O3S/c1-28-22-4-2-3-5-23(22)34-25(28)27-26-17-20-9-8-19(24(20)29-12-14-33-15-13-29)16-18-6-10-21(11-7-18)30(31)32/h2-7,10-11,16-17H,8-9,12-15H2,1H3/b19-16-,26-17+,27-25-. The van der Waals surface area contributed by atoms with Gasteiger partial charge in [-0.25, -0.2) is 0 Å². The first-order chi connectivity index (χ1) is 16.6. The van der Waals surface area contributed by atoms with E-state index in [-0.39, 0.29) is 10.6 Å². The number of morpholine rings is 1. The number of nitro benzene ring substituents is 1. The second-order valence-corrected chi connectivity index (χ2v) is 9.26. The van der Waals surface area contributed by atoms with Crippen LogP contribution in [0.3, 0.4) is 0 Å². The zero-order valence-corrected chi connectivity index (χ0v) is 19.7. The van der Waals surface area contributed by atoms with Crippen LogP contribution in [0.25, 0.3) is 16.3 Å². The van der Waals surface area contributed by atoms with E-state index < -0.39 is 0 Å². The largest absolute Gasteiger partial charge is 0.378 e. The fourth-order valence-electron chi connectivity index (χ4n) is 4.39. The summed E-state index contributed by atoms with van der Waals surface area (Å²) in [5.74, 6) is 0. The van der Waals surface area contributed by atoms with E-state index in [1.54, 1.807) is 35.6 Å². The third-order valence-corrected chi connectivity index (χ3v) is 7.22. The number of nitro groups is 1. The molecular formula is C25H25N5O3S. The van der Waals surface area contributed by atoms with E-state index in [1.165, 1.54) is 16.0 Å². The summed E-state index contributed by atoms with van der Waals surface area (Å²) >= 11 is 1.62. The first kappa shape index (κ1) is 22.2. The number of allylic oxidation sites excluding steroid dienone is 2. The van der Waals surface area contributed by atoms with E-state index in [4.69, 9.17) is 4.74 Å². The molecule has 34 heavy (non-hydrogen) atoms. The highest BCUT2D eigenvalue weighted by Crippen LogP contribution is 2.35. The van der Waals surface area contributed by atoms with Crippen molar-refractivity contribution >= 4 is 39.5 Å². The lowest BCUT2D eigenvalue weighted by molar-refractivity contribution is -0.384. The molecule has 0 radical (unpaired) electrons. The highest BCUT2D eigenvalue weighted by Gasteiger charge is 2.25. The van der Waals surface area contributed by atoms with Crippen molar-refractivity contribution in [3.63, 3.8) is 0 Å². The minimum Gasteiger partial charge on any atom is -0.378 e. The third kappa shape index (κ3) is 4.57. The maximum absolute atomic E-state index is 11.0. The number of nitrogens with zero attached hydrogens (tertiary/aromatic N) is 5. The first-order valence-corrected chi connectivity index (χ1v) is 12.0. The van der Waals surface area contributed by atoms with Gasteiger partial charge in [0, 0.05) is 38.0 Å². The van der Waals surface area contributed by atoms with Crippen molar-refractivity contribution in [3.8, 4) is 0 Å². The van der Waals surface area contributed by atoms with Crippen molar-refractivity contribution in [2.24, 2.45) is 17.3 Å². The van der Waals surface area contributed by atoms with Crippen LogP contribution in [-0.4, -0.2) is 46.9 Å². The van der Waals surface area contributed by atoms with Gasteiger partial charge in [0.05, 0.1) is 34.6 Å². The number of rotatable bonds is 5. The maximum atomic E-state index is 11.0. The molecular weight excluding hydrogens is 450 g/mol. The topological polar surface area (TPSA) is 85.3 Å². The van der Waals surface area contributed by atoms with Crippen LogP contribution in [0.2, 0.25) is 0 Å². The maximum Gasteiger partial charge on any atom is 0.269 e. The molecule has 0 spiro atoms. The van der Waals surface area contributed by atoms with E-state index in [1.807, 2.05) is 25.4 Å². The van der Waals surface area contributed by atoms with Crippen LogP contribution in [0.4, 0.5) is 5.69 Å². The van der Waals surface area contributed by atoms with Gasteiger partial charge >= 0.3 is 0 Å². The van der Waals surface area contributed by atoms with Crippen LogP contribution in [0.15, 0.2) is 75.6 Å². The van der Waals surface area contributed by atoms with E-state index in [0.29, 0.717) is 13.2 Å². The van der Waals surface area contributed by atoms with E-state index in [0.717, 1.165) is 47.4 Å². The number of fused-ring (bicyclic) bond motifs is 1. The molecule has 1 aliphatic heterocycles. The molecule has 0 amide bonds. The Morgan fingerprint density at radius 2 is 1.85 bits per heavy atom. The number of aromatic nitrogens is 1. The second kappa shape index (κ2) is 9.74. The molecule has 9 heteroatoms. The van der Waals surface area contributed by atoms with Crippen molar-refractivity contribution in [1.82, 2.24) is 9.47 Å². The number of aryl methyl sites for hydroxylation is 1. The van der Waals surface area contributed by atoms with Gasteiger partial charge in [-0.05, 0) is 59.9 Å². The highest BCUT2D eigenvalue weighted by molar-refractivity contribution is 7.16. The predicted molar refractivity (Wildman–Crippen MR) is 135 cm³/mol. The van der Waals surface area contributed by atoms with Crippen molar-refractivity contribution < 1.29 is 9.66 Å². The smallest absolute Gasteiger partial charge is 0.269 e. The SMILES string of the molecule is Cn1/c(=N/N=C/C2=C(N3CCOCC3)C(=C\c3ccc([N+](=O)[O-])cc3)/CC2)sc2ccccc21. The van der Waals surface area contributed by atoms with Gasteiger partial charge in [-0.1, -0.05) is 23.5 Å². The van der Waals surface area contributed by atoms with Gasteiger partial charge < -0.3 is 14.2 Å². The molecule has 5 rings (SSSR count).